The Balaban J connectivity index is 2.74. The van der Waals surface area contributed by atoms with Gasteiger partial charge in [0.25, 0.3) is 0 Å². The zero-order valence-corrected chi connectivity index (χ0v) is 14.7. The molecule has 1 amide bonds. The number of hydrogen-bond donors (Lipinski definition) is 3. The largest absolute Gasteiger partial charge is 0.480 e. The Labute approximate surface area is 150 Å². The fourth-order valence-corrected chi connectivity index (χ4v) is 2.11. The summed E-state index contributed by atoms with van der Waals surface area (Å²) in [4.78, 5) is 45.3. The van der Waals surface area contributed by atoms with Crippen molar-refractivity contribution in [2.75, 3.05) is 0 Å². The maximum absolute atomic E-state index is 12.1. The minimum absolute atomic E-state index is 0.00388. The lowest BCUT2D eigenvalue weighted by atomic mass is 10.0. The van der Waals surface area contributed by atoms with Gasteiger partial charge in [-0.2, -0.15) is 0 Å². The standard InChI is InChI=1S/C17H22N2O7/c1-9(25-10(2)20)15(18)16(22)19-14(17(23)24)8-12-4-6-13(7-5-12)26-11(3)21/h4-7,9,14-15H,8,18H2,1-3H3,(H,19,22)(H,23,24)/t9-,14+,15+/m1/s1. The molecule has 9 nitrogen and oxygen atoms in total. The monoisotopic (exact) mass is 366 g/mol. The van der Waals surface area contributed by atoms with Crippen molar-refractivity contribution in [2.24, 2.45) is 5.73 Å². The number of carboxylic acids is 1. The first-order valence-electron chi connectivity index (χ1n) is 7.83. The van der Waals surface area contributed by atoms with Crippen molar-refractivity contribution in [3.63, 3.8) is 0 Å². The lowest BCUT2D eigenvalue weighted by Crippen LogP contribution is -2.53. The van der Waals surface area contributed by atoms with Crippen LogP contribution in [0.3, 0.4) is 0 Å². The van der Waals surface area contributed by atoms with Crippen LogP contribution in [-0.4, -0.2) is 47.1 Å². The van der Waals surface area contributed by atoms with E-state index in [0.717, 1.165) is 0 Å². The number of benzene rings is 1. The summed E-state index contributed by atoms with van der Waals surface area (Å²) in [6, 6.07) is 3.78. The smallest absolute Gasteiger partial charge is 0.326 e. The van der Waals surface area contributed by atoms with Crippen LogP contribution in [0, 0.1) is 0 Å². The van der Waals surface area contributed by atoms with E-state index in [-0.39, 0.29) is 6.42 Å². The number of hydrogen-bond acceptors (Lipinski definition) is 7. The number of amides is 1. The predicted molar refractivity (Wildman–Crippen MR) is 90.2 cm³/mol. The van der Waals surface area contributed by atoms with Gasteiger partial charge in [-0.3, -0.25) is 14.4 Å². The van der Waals surface area contributed by atoms with Gasteiger partial charge in [0.1, 0.15) is 23.9 Å². The summed E-state index contributed by atoms with van der Waals surface area (Å²) in [5, 5.41) is 11.6. The van der Waals surface area contributed by atoms with Crippen molar-refractivity contribution in [3.8, 4) is 5.75 Å². The first-order valence-corrected chi connectivity index (χ1v) is 7.83. The van der Waals surface area contributed by atoms with Crippen molar-refractivity contribution in [1.29, 1.82) is 0 Å². The molecule has 0 saturated heterocycles. The van der Waals surface area contributed by atoms with Crippen LogP contribution in [0.25, 0.3) is 0 Å². The molecule has 1 rings (SSSR count). The lowest BCUT2D eigenvalue weighted by molar-refractivity contribution is -0.149. The van der Waals surface area contributed by atoms with E-state index in [0.29, 0.717) is 11.3 Å². The highest BCUT2D eigenvalue weighted by atomic mass is 16.5. The van der Waals surface area contributed by atoms with Gasteiger partial charge in [-0.15, -0.1) is 0 Å². The van der Waals surface area contributed by atoms with Gasteiger partial charge < -0.3 is 25.6 Å². The predicted octanol–water partition coefficient (Wildman–Crippen LogP) is 0.00270. The minimum Gasteiger partial charge on any atom is -0.480 e. The molecule has 3 atom stereocenters. The quantitative estimate of drug-likeness (QED) is 0.431. The molecule has 142 valence electrons. The van der Waals surface area contributed by atoms with Crippen LogP contribution in [-0.2, 0) is 30.3 Å². The van der Waals surface area contributed by atoms with Crippen LogP contribution in [0.2, 0.25) is 0 Å². The third-order valence-corrected chi connectivity index (χ3v) is 3.40. The van der Waals surface area contributed by atoms with E-state index < -0.39 is 42.0 Å². The molecule has 0 fully saturated rings. The van der Waals surface area contributed by atoms with Crippen LogP contribution in [0.4, 0.5) is 0 Å². The van der Waals surface area contributed by atoms with Gasteiger partial charge in [0.15, 0.2) is 0 Å². The number of esters is 2. The second kappa shape index (κ2) is 9.52. The molecule has 0 spiro atoms. The molecule has 9 heteroatoms. The van der Waals surface area contributed by atoms with Gasteiger partial charge in [0.2, 0.25) is 5.91 Å². The summed E-state index contributed by atoms with van der Waals surface area (Å²) in [5.41, 5.74) is 6.29. The molecule has 1 aromatic rings. The number of nitrogens with one attached hydrogen (secondary N) is 1. The van der Waals surface area contributed by atoms with Crippen molar-refractivity contribution >= 4 is 23.8 Å². The van der Waals surface area contributed by atoms with Crippen LogP contribution >= 0.6 is 0 Å². The topological polar surface area (TPSA) is 145 Å². The van der Waals surface area contributed by atoms with Gasteiger partial charge in [-0.05, 0) is 24.6 Å². The first-order chi connectivity index (χ1) is 12.1. The van der Waals surface area contributed by atoms with Gasteiger partial charge in [-0.25, -0.2) is 4.79 Å². The first kappa shape index (κ1) is 21.1. The number of nitrogens with two attached hydrogens (primary N) is 1. The Hall–Kier alpha value is -2.94. The third-order valence-electron chi connectivity index (χ3n) is 3.40. The van der Waals surface area contributed by atoms with E-state index in [1.807, 2.05) is 0 Å². The van der Waals surface area contributed by atoms with Gasteiger partial charge in [0, 0.05) is 20.3 Å². The van der Waals surface area contributed by atoms with E-state index in [4.69, 9.17) is 15.2 Å². The van der Waals surface area contributed by atoms with Crippen molar-refractivity contribution in [2.45, 2.75) is 45.4 Å². The maximum atomic E-state index is 12.1. The zero-order valence-electron chi connectivity index (χ0n) is 14.7. The molecular formula is C17H22N2O7. The van der Waals surface area contributed by atoms with Gasteiger partial charge in [-0.1, -0.05) is 12.1 Å². The second-order valence-electron chi connectivity index (χ2n) is 5.68. The Kier molecular flexibility index (Phi) is 7.73. The second-order valence-corrected chi connectivity index (χ2v) is 5.68. The fourth-order valence-electron chi connectivity index (χ4n) is 2.11. The molecule has 0 aliphatic carbocycles. The van der Waals surface area contributed by atoms with Gasteiger partial charge in [0.05, 0.1) is 0 Å². The Bertz CT molecular complexity index is 672. The molecule has 0 bridgehead atoms. The highest BCUT2D eigenvalue weighted by Crippen LogP contribution is 2.14. The molecule has 0 heterocycles. The zero-order chi connectivity index (χ0) is 19.9. The molecule has 0 aliphatic heterocycles. The highest BCUT2D eigenvalue weighted by molar-refractivity contribution is 5.87. The van der Waals surface area contributed by atoms with E-state index in [9.17, 15) is 24.3 Å². The number of carbonyl (C=O) groups excluding carboxylic acids is 3. The Morgan fingerprint density at radius 1 is 1.12 bits per heavy atom. The molecule has 1 aromatic carbocycles. The highest BCUT2D eigenvalue weighted by Gasteiger charge is 2.28. The minimum atomic E-state index is -1.24. The summed E-state index contributed by atoms with van der Waals surface area (Å²) in [6.45, 7) is 3.89. The van der Waals surface area contributed by atoms with Gasteiger partial charge >= 0.3 is 17.9 Å². The van der Waals surface area contributed by atoms with E-state index >= 15 is 0 Å². The summed E-state index contributed by atoms with van der Waals surface area (Å²) in [6.07, 6.45) is -0.902. The van der Waals surface area contributed by atoms with E-state index in [1.165, 1.54) is 32.9 Å². The molecule has 0 radical (unpaired) electrons. The van der Waals surface area contributed by atoms with Crippen molar-refractivity contribution < 1.29 is 33.8 Å². The van der Waals surface area contributed by atoms with E-state index in [2.05, 4.69) is 5.32 Å². The average Bonchev–Trinajstić information content (AvgIpc) is 2.53. The number of carboxylic acid groups (broad SMARTS) is 1. The summed E-state index contributed by atoms with van der Waals surface area (Å²) >= 11 is 0. The number of aliphatic carboxylic acids is 1. The van der Waals surface area contributed by atoms with Crippen LogP contribution in [0.15, 0.2) is 24.3 Å². The fraction of sp³-hybridized carbons (Fsp3) is 0.412. The summed E-state index contributed by atoms with van der Waals surface area (Å²) < 4.78 is 9.72. The molecule has 0 saturated carbocycles. The molecule has 0 aromatic heterocycles. The molecule has 0 aliphatic rings. The Morgan fingerprint density at radius 2 is 1.69 bits per heavy atom. The molecule has 26 heavy (non-hydrogen) atoms. The molecule has 0 unspecified atom stereocenters. The maximum Gasteiger partial charge on any atom is 0.326 e. The van der Waals surface area contributed by atoms with Crippen LogP contribution in [0.1, 0.15) is 26.3 Å². The third kappa shape index (κ3) is 6.89. The number of ether oxygens (including phenoxy) is 2. The van der Waals surface area contributed by atoms with Crippen molar-refractivity contribution in [1.82, 2.24) is 5.32 Å². The molecule has 4 N–H and O–H groups in total. The van der Waals surface area contributed by atoms with Crippen LogP contribution in [0.5, 0.6) is 5.75 Å². The van der Waals surface area contributed by atoms with E-state index in [1.54, 1.807) is 12.1 Å². The Morgan fingerprint density at radius 3 is 2.15 bits per heavy atom. The summed E-state index contributed by atoms with van der Waals surface area (Å²) in [5.74, 6) is -2.72. The SMILES string of the molecule is CC(=O)Oc1ccc(C[C@H](NC(=O)[C@@H](N)[C@@H](C)OC(C)=O)C(=O)O)cc1. The lowest BCUT2D eigenvalue weighted by Gasteiger charge is -2.22. The average molecular weight is 366 g/mol. The van der Waals surface area contributed by atoms with Crippen LogP contribution < -0.4 is 15.8 Å². The number of rotatable bonds is 8. The van der Waals surface area contributed by atoms with Crippen molar-refractivity contribution in [3.05, 3.63) is 29.8 Å². The molecular weight excluding hydrogens is 344 g/mol. The number of carbonyl (C=O) groups is 4. The summed E-state index contributed by atoms with van der Waals surface area (Å²) in [7, 11) is 0. The normalized spacial score (nSPS) is 13.8.